The maximum Gasteiger partial charge on any atom is 0.203 e. The van der Waals surface area contributed by atoms with Crippen molar-refractivity contribution in [3.8, 4) is 5.69 Å². The van der Waals surface area contributed by atoms with Crippen LogP contribution >= 0.6 is 23.8 Å². The SMILES string of the molecule is S=c1n(-c2ccccc2)cnn1CN1CCN(c2cccc(Cl)c2)CC1. The first-order valence-corrected chi connectivity index (χ1v) is 9.42. The van der Waals surface area contributed by atoms with Gasteiger partial charge in [0.1, 0.15) is 6.33 Å². The average Bonchev–Trinajstić information content (AvgIpc) is 3.03. The van der Waals surface area contributed by atoms with E-state index in [0.717, 1.165) is 36.9 Å². The Labute approximate surface area is 163 Å². The first-order chi connectivity index (χ1) is 12.7. The Morgan fingerprint density at radius 2 is 1.65 bits per heavy atom. The van der Waals surface area contributed by atoms with Gasteiger partial charge in [-0.15, -0.1) is 0 Å². The van der Waals surface area contributed by atoms with Gasteiger partial charge >= 0.3 is 0 Å². The van der Waals surface area contributed by atoms with E-state index in [0.29, 0.717) is 11.4 Å². The summed E-state index contributed by atoms with van der Waals surface area (Å²) in [6.45, 7) is 4.57. The van der Waals surface area contributed by atoms with Gasteiger partial charge in [-0.25, -0.2) is 4.68 Å². The molecule has 0 unspecified atom stereocenters. The summed E-state index contributed by atoms with van der Waals surface area (Å²) in [4.78, 5) is 4.74. The van der Waals surface area contributed by atoms with E-state index in [4.69, 9.17) is 23.8 Å². The molecule has 0 bridgehead atoms. The molecule has 26 heavy (non-hydrogen) atoms. The second-order valence-electron chi connectivity index (χ2n) is 6.34. The predicted molar refractivity (Wildman–Crippen MR) is 108 cm³/mol. The molecule has 0 radical (unpaired) electrons. The lowest BCUT2D eigenvalue weighted by atomic mass is 10.2. The molecule has 3 aromatic rings. The number of hydrogen-bond donors (Lipinski definition) is 0. The van der Waals surface area contributed by atoms with Crippen molar-refractivity contribution in [2.75, 3.05) is 31.1 Å². The number of halogens is 1. The Morgan fingerprint density at radius 1 is 0.923 bits per heavy atom. The maximum absolute atomic E-state index is 6.11. The molecule has 1 saturated heterocycles. The van der Waals surface area contributed by atoms with E-state index in [2.05, 4.69) is 21.0 Å². The Morgan fingerprint density at radius 3 is 2.38 bits per heavy atom. The normalized spacial score (nSPS) is 15.3. The number of hydrogen-bond acceptors (Lipinski definition) is 4. The minimum atomic E-state index is 0.710. The molecule has 134 valence electrons. The summed E-state index contributed by atoms with van der Waals surface area (Å²) in [5.41, 5.74) is 2.22. The molecule has 0 saturated carbocycles. The third-order valence-corrected chi connectivity index (χ3v) is 5.29. The van der Waals surface area contributed by atoms with Crippen LogP contribution in [0.4, 0.5) is 5.69 Å². The minimum Gasteiger partial charge on any atom is -0.369 e. The fourth-order valence-electron chi connectivity index (χ4n) is 3.21. The van der Waals surface area contributed by atoms with Crippen LogP contribution in [0.5, 0.6) is 0 Å². The number of piperazine rings is 1. The monoisotopic (exact) mass is 385 g/mol. The third-order valence-electron chi connectivity index (χ3n) is 4.65. The first-order valence-electron chi connectivity index (χ1n) is 8.63. The molecule has 1 aliphatic heterocycles. The van der Waals surface area contributed by atoms with Crippen molar-refractivity contribution in [3.05, 3.63) is 70.7 Å². The van der Waals surface area contributed by atoms with Crippen LogP contribution in [0.15, 0.2) is 60.9 Å². The van der Waals surface area contributed by atoms with Gasteiger partial charge < -0.3 is 4.90 Å². The summed E-state index contributed by atoms with van der Waals surface area (Å²) < 4.78 is 4.54. The fourth-order valence-corrected chi connectivity index (χ4v) is 3.65. The molecule has 2 aromatic carbocycles. The van der Waals surface area contributed by atoms with Crippen molar-refractivity contribution in [2.45, 2.75) is 6.67 Å². The van der Waals surface area contributed by atoms with Crippen molar-refractivity contribution < 1.29 is 0 Å². The van der Waals surface area contributed by atoms with E-state index in [9.17, 15) is 0 Å². The highest BCUT2D eigenvalue weighted by atomic mass is 35.5. The molecular formula is C19H20ClN5S. The van der Waals surface area contributed by atoms with Gasteiger partial charge in [-0.3, -0.25) is 9.47 Å². The van der Waals surface area contributed by atoms with Crippen LogP contribution in [0, 0.1) is 4.77 Å². The highest BCUT2D eigenvalue weighted by Gasteiger charge is 2.18. The summed E-state index contributed by atoms with van der Waals surface area (Å²) in [5.74, 6) is 0. The van der Waals surface area contributed by atoms with Crippen molar-refractivity contribution in [3.63, 3.8) is 0 Å². The topological polar surface area (TPSA) is 29.2 Å². The number of anilines is 1. The lowest BCUT2D eigenvalue weighted by molar-refractivity contribution is 0.194. The summed E-state index contributed by atoms with van der Waals surface area (Å²) in [7, 11) is 0. The number of nitrogens with zero attached hydrogens (tertiary/aromatic N) is 5. The van der Waals surface area contributed by atoms with Crippen molar-refractivity contribution in [1.82, 2.24) is 19.2 Å². The molecule has 0 N–H and O–H groups in total. The number of aromatic nitrogens is 3. The zero-order chi connectivity index (χ0) is 17.9. The first kappa shape index (κ1) is 17.3. The van der Waals surface area contributed by atoms with Gasteiger partial charge in [0, 0.05) is 42.6 Å². The molecular weight excluding hydrogens is 366 g/mol. The molecule has 0 atom stereocenters. The number of rotatable bonds is 4. The largest absolute Gasteiger partial charge is 0.369 e. The van der Waals surface area contributed by atoms with Gasteiger partial charge in [0.05, 0.1) is 6.67 Å². The summed E-state index contributed by atoms with van der Waals surface area (Å²) >= 11 is 11.7. The zero-order valence-electron chi connectivity index (χ0n) is 14.3. The standard InChI is InChI=1S/C19H20ClN5S/c20-16-5-4-8-18(13-16)23-11-9-22(10-12-23)15-25-19(26)24(14-21-25)17-6-2-1-3-7-17/h1-8,13-14H,9-12,15H2. The number of benzene rings is 2. The second-order valence-corrected chi connectivity index (χ2v) is 7.15. The van der Waals surface area contributed by atoms with Crippen LogP contribution in [-0.2, 0) is 6.67 Å². The van der Waals surface area contributed by atoms with Crippen molar-refractivity contribution >= 4 is 29.5 Å². The van der Waals surface area contributed by atoms with Crippen LogP contribution < -0.4 is 4.90 Å². The van der Waals surface area contributed by atoms with E-state index in [1.807, 2.05) is 57.8 Å². The number of para-hydroxylation sites is 1. The van der Waals surface area contributed by atoms with Gasteiger partial charge in [0.25, 0.3) is 0 Å². The zero-order valence-corrected chi connectivity index (χ0v) is 15.9. The van der Waals surface area contributed by atoms with Crippen LogP contribution in [0.2, 0.25) is 5.02 Å². The van der Waals surface area contributed by atoms with Gasteiger partial charge in [0.2, 0.25) is 4.77 Å². The Balaban J connectivity index is 1.41. The van der Waals surface area contributed by atoms with E-state index < -0.39 is 0 Å². The van der Waals surface area contributed by atoms with Crippen LogP contribution in [0.25, 0.3) is 5.69 Å². The minimum absolute atomic E-state index is 0.710. The Hall–Kier alpha value is -2.15. The summed E-state index contributed by atoms with van der Waals surface area (Å²) in [6.07, 6.45) is 1.79. The van der Waals surface area contributed by atoms with E-state index >= 15 is 0 Å². The molecule has 0 amide bonds. The average molecular weight is 386 g/mol. The third kappa shape index (κ3) is 3.67. The van der Waals surface area contributed by atoms with Crippen LogP contribution in [0.1, 0.15) is 0 Å². The highest BCUT2D eigenvalue weighted by Crippen LogP contribution is 2.21. The predicted octanol–water partition coefficient (Wildman–Crippen LogP) is 3.84. The molecule has 2 heterocycles. The lowest BCUT2D eigenvalue weighted by Gasteiger charge is -2.35. The van der Waals surface area contributed by atoms with E-state index in [-0.39, 0.29) is 0 Å². The molecule has 5 nitrogen and oxygen atoms in total. The van der Waals surface area contributed by atoms with E-state index in [1.165, 1.54) is 5.69 Å². The quantitative estimate of drug-likeness (QED) is 0.638. The summed E-state index contributed by atoms with van der Waals surface area (Å²) in [5, 5.41) is 5.26. The molecule has 1 fully saturated rings. The van der Waals surface area contributed by atoms with E-state index in [1.54, 1.807) is 6.33 Å². The second kappa shape index (κ2) is 7.61. The summed E-state index contributed by atoms with van der Waals surface area (Å²) in [6, 6.07) is 18.1. The van der Waals surface area contributed by atoms with Gasteiger partial charge in [-0.2, -0.15) is 5.10 Å². The van der Waals surface area contributed by atoms with Gasteiger partial charge in [-0.1, -0.05) is 35.9 Å². The molecule has 0 aliphatic carbocycles. The fraction of sp³-hybridized carbons (Fsp3) is 0.263. The smallest absolute Gasteiger partial charge is 0.203 e. The maximum atomic E-state index is 6.11. The molecule has 1 aliphatic rings. The molecule has 7 heteroatoms. The lowest BCUT2D eigenvalue weighted by Crippen LogP contribution is -2.47. The highest BCUT2D eigenvalue weighted by molar-refractivity contribution is 7.71. The van der Waals surface area contributed by atoms with Crippen LogP contribution in [0.3, 0.4) is 0 Å². The van der Waals surface area contributed by atoms with Crippen molar-refractivity contribution in [2.24, 2.45) is 0 Å². The van der Waals surface area contributed by atoms with Gasteiger partial charge in [0.15, 0.2) is 0 Å². The van der Waals surface area contributed by atoms with Gasteiger partial charge in [-0.05, 0) is 42.5 Å². The van der Waals surface area contributed by atoms with Crippen LogP contribution in [-0.4, -0.2) is 45.4 Å². The molecule has 4 rings (SSSR count). The Bertz CT molecular complexity index is 928. The Kier molecular flexibility index (Phi) is 5.06. The van der Waals surface area contributed by atoms with Crippen molar-refractivity contribution in [1.29, 1.82) is 0 Å². The molecule has 0 spiro atoms. The molecule has 1 aromatic heterocycles.